The predicted molar refractivity (Wildman–Crippen MR) is 86.6 cm³/mol. The van der Waals surface area contributed by atoms with Crippen molar-refractivity contribution in [2.45, 2.75) is 38.8 Å². The van der Waals surface area contributed by atoms with Crippen LogP contribution in [0, 0.1) is 0 Å². The van der Waals surface area contributed by atoms with Crippen LogP contribution < -0.4 is 10.1 Å². The SMILES string of the molecule is COc1ccc(CCC(C)NC(C)c2ccccn2)cc1. The zero-order chi connectivity index (χ0) is 15.1. The molecule has 0 aliphatic heterocycles. The Balaban J connectivity index is 1.80. The third-order valence-corrected chi connectivity index (χ3v) is 3.69. The third kappa shape index (κ3) is 4.87. The molecule has 21 heavy (non-hydrogen) atoms. The topological polar surface area (TPSA) is 34.1 Å². The maximum Gasteiger partial charge on any atom is 0.118 e. The maximum atomic E-state index is 5.18. The summed E-state index contributed by atoms with van der Waals surface area (Å²) in [5, 5.41) is 3.60. The van der Waals surface area contributed by atoms with Crippen LogP contribution >= 0.6 is 0 Å². The molecule has 0 fully saturated rings. The molecule has 1 aromatic carbocycles. The van der Waals surface area contributed by atoms with E-state index in [4.69, 9.17) is 4.74 Å². The number of nitrogens with one attached hydrogen (secondary N) is 1. The summed E-state index contributed by atoms with van der Waals surface area (Å²) in [4.78, 5) is 4.39. The van der Waals surface area contributed by atoms with Crippen molar-refractivity contribution in [1.29, 1.82) is 0 Å². The number of hydrogen-bond donors (Lipinski definition) is 1. The van der Waals surface area contributed by atoms with E-state index < -0.39 is 0 Å². The number of pyridine rings is 1. The lowest BCUT2D eigenvalue weighted by atomic mass is 10.0. The summed E-state index contributed by atoms with van der Waals surface area (Å²) >= 11 is 0. The van der Waals surface area contributed by atoms with Gasteiger partial charge in [0.2, 0.25) is 0 Å². The van der Waals surface area contributed by atoms with E-state index in [1.54, 1.807) is 7.11 Å². The summed E-state index contributed by atoms with van der Waals surface area (Å²) in [6.07, 6.45) is 4.01. The summed E-state index contributed by atoms with van der Waals surface area (Å²) in [5.41, 5.74) is 2.43. The molecule has 0 saturated carbocycles. The largest absolute Gasteiger partial charge is 0.497 e. The average Bonchev–Trinajstić information content (AvgIpc) is 2.54. The predicted octanol–water partition coefficient (Wildman–Crippen LogP) is 3.76. The minimum absolute atomic E-state index is 0.275. The highest BCUT2D eigenvalue weighted by Crippen LogP contribution is 2.14. The van der Waals surface area contributed by atoms with E-state index in [-0.39, 0.29) is 6.04 Å². The molecule has 2 rings (SSSR count). The van der Waals surface area contributed by atoms with Gasteiger partial charge in [0, 0.05) is 18.3 Å². The molecule has 0 aliphatic rings. The van der Waals surface area contributed by atoms with Crippen molar-refractivity contribution >= 4 is 0 Å². The fraction of sp³-hybridized carbons (Fsp3) is 0.389. The average molecular weight is 284 g/mol. The van der Waals surface area contributed by atoms with Crippen LogP contribution in [0.2, 0.25) is 0 Å². The summed E-state index contributed by atoms with van der Waals surface area (Å²) < 4.78 is 5.18. The van der Waals surface area contributed by atoms with Gasteiger partial charge in [-0.25, -0.2) is 0 Å². The number of methoxy groups -OCH3 is 1. The molecule has 0 aliphatic carbocycles. The molecule has 0 amide bonds. The van der Waals surface area contributed by atoms with Crippen LogP contribution in [0.1, 0.15) is 37.6 Å². The van der Waals surface area contributed by atoms with Crippen molar-refractivity contribution in [2.75, 3.05) is 7.11 Å². The fourth-order valence-corrected chi connectivity index (χ4v) is 2.40. The molecule has 112 valence electrons. The Morgan fingerprint density at radius 1 is 1.10 bits per heavy atom. The first-order valence-electron chi connectivity index (χ1n) is 7.49. The first-order valence-corrected chi connectivity index (χ1v) is 7.49. The quantitative estimate of drug-likeness (QED) is 0.840. The van der Waals surface area contributed by atoms with Crippen molar-refractivity contribution in [1.82, 2.24) is 10.3 Å². The lowest BCUT2D eigenvalue weighted by Gasteiger charge is -2.19. The Labute approximate surface area is 127 Å². The van der Waals surface area contributed by atoms with E-state index in [0.717, 1.165) is 24.3 Å². The first kappa shape index (κ1) is 15.5. The van der Waals surface area contributed by atoms with Gasteiger partial charge >= 0.3 is 0 Å². The van der Waals surface area contributed by atoms with Gasteiger partial charge in [-0.05, 0) is 56.5 Å². The maximum absolute atomic E-state index is 5.18. The third-order valence-electron chi connectivity index (χ3n) is 3.69. The van der Waals surface area contributed by atoms with Crippen LogP contribution in [-0.4, -0.2) is 18.1 Å². The number of aryl methyl sites for hydroxylation is 1. The zero-order valence-corrected chi connectivity index (χ0v) is 13.0. The molecule has 1 aromatic heterocycles. The molecule has 1 N–H and O–H groups in total. The summed E-state index contributed by atoms with van der Waals surface area (Å²) in [7, 11) is 1.69. The summed E-state index contributed by atoms with van der Waals surface area (Å²) in [6, 6.07) is 15.1. The molecule has 2 aromatic rings. The van der Waals surface area contributed by atoms with Gasteiger partial charge in [0.05, 0.1) is 12.8 Å². The van der Waals surface area contributed by atoms with Gasteiger partial charge in [0.25, 0.3) is 0 Å². The van der Waals surface area contributed by atoms with Crippen LogP contribution in [0.4, 0.5) is 0 Å². The fourth-order valence-electron chi connectivity index (χ4n) is 2.40. The molecular weight excluding hydrogens is 260 g/mol. The molecule has 2 atom stereocenters. The van der Waals surface area contributed by atoms with Gasteiger partial charge in [-0.3, -0.25) is 4.98 Å². The van der Waals surface area contributed by atoms with E-state index in [9.17, 15) is 0 Å². The Morgan fingerprint density at radius 3 is 2.48 bits per heavy atom. The van der Waals surface area contributed by atoms with Crippen LogP contribution in [0.15, 0.2) is 48.7 Å². The molecular formula is C18H24N2O. The Bertz CT molecular complexity index is 525. The Morgan fingerprint density at radius 2 is 1.86 bits per heavy atom. The highest BCUT2D eigenvalue weighted by atomic mass is 16.5. The second kappa shape index (κ2) is 7.79. The first-order chi connectivity index (χ1) is 10.2. The summed E-state index contributed by atoms with van der Waals surface area (Å²) in [5.74, 6) is 0.911. The molecule has 0 saturated heterocycles. The van der Waals surface area contributed by atoms with Crippen molar-refractivity contribution in [2.24, 2.45) is 0 Å². The number of benzene rings is 1. The second-order valence-corrected chi connectivity index (χ2v) is 5.43. The standard InChI is InChI=1S/C18H24N2O/c1-14(20-15(2)18-6-4-5-13-19-18)7-8-16-9-11-17(21-3)12-10-16/h4-6,9-15,20H,7-8H2,1-3H3. The minimum Gasteiger partial charge on any atom is -0.497 e. The van der Waals surface area contributed by atoms with Gasteiger partial charge in [0.15, 0.2) is 0 Å². The molecule has 3 heteroatoms. The number of nitrogens with zero attached hydrogens (tertiary/aromatic N) is 1. The molecule has 0 bridgehead atoms. The van der Waals surface area contributed by atoms with E-state index >= 15 is 0 Å². The molecule has 1 heterocycles. The van der Waals surface area contributed by atoms with E-state index in [1.165, 1.54) is 5.56 Å². The van der Waals surface area contributed by atoms with Crippen molar-refractivity contribution in [3.05, 3.63) is 59.9 Å². The minimum atomic E-state index is 0.275. The number of aromatic nitrogens is 1. The Hall–Kier alpha value is -1.87. The van der Waals surface area contributed by atoms with Crippen molar-refractivity contribution < 1.29 is 4.74 Å². The van der Waals surface area contributed by atoms with Gasteiger partial charge in [0.1, 0.15) is 5.75 Å². The van der Waals surface area contributed by atoms with Crippen LogP contribution in [-0.2, 0) is 6.42 Å². The van der Waals surface area contributed by atoms with Crippen molar-refractivity contribution in [3.8, 4) is 5.75 Å². The van der Waals surface area contributed by atoms with Gasteiger partial charge in [-0.15, -0.1) is 0 Å². The molecule has 0 spiro atoms. The monoisotopic (exact) mass is 284 g/mol. The number of hydrogen-bond acceptors (Lipinski definition) is 3. The van der Waals surface area contributed by atoms with Crippen LogP contribution in [0.5, 0.6) is 5.75 Å². The second-order valence-electron chi connectivity index (χ2n) is 5.43. The molecule has 2 unspecified atom stereocenters. The molecule has 3 nitrogen and oxygen atoms in total. The highest BCUT2D eigenvalue weighted by Gasteiger charge is 2.10. The van der Waals surface area contributed by atoms with Crippen LogP contribution in [0.25, 0.3) is 0 Å². The Kier molecular flexibility index (Phi) is 5.76. The van der Waals surface area contributed by atoms with Gasteiger partial charge in [-0.2, -0.15) is 0 Å². The van der Waals surface area contributed by atoms with Crippen molar-refractivity contribution in [3.63, 3.8) is 0 Å². The van der Waals surface area contributed by atoms with Crippen LogP contribution in [0.3, 0.4) is 0 Å². The normalized spacial score (nSPS) is 13.7. The smallest absolute Gasteiger partial charge is 0.118 e. The number of rotatable bonds is 7. The molecule has 0 radical (unpaired) electrons. The zero-order valence-electron chi connectivity index (χ0n) is 13.0. The summed E-state index contributed by atoms with van der Waals surface area (Å²) in [6.45, 7) is 4.38. The lowest BCUT2D eigenvalue weighted by molar-refractivity contribution is 0.414. The lowest BCUT2D eigenvalue weighted by Crippen LogP contribution is -2.29. The number of ether oxygens (including phenoxy) is 1. The van der Waals surface area contributed by atoms with E-state index in [1.807, 2.05) is 30.5 Å². The van der Waals surface area contributed by atoms with Gasteiger partial charge in [-0.1, -0.05) is 18.2 Å². The van der Waals surface area contributed by atoms with Gasteiger partial charge < -0.3 is 10.1 Å². The van der Waals surface area contributed by atoms with E-state index in [2.05, 4.69) is 42.3 Å². The van der Waals surface area contributed by atoms with E-state index in [0.29, 0.717) is 6.04 Å². The highest BCUT2D eigenvalue weighted by molar-refractivity contribution is 5.27.